The Labute approximate surface area is 169 Å². The topological polar surface area (TPSA) is 57.2 Å². The Hall–Kier alpha value is -2.38. The van der Waals surface area contributed by atoms with Crippen molar-refractivity contribution in [1.29, 1.82) is 0 Å². The van der Waals surface area contributed by atoms with Crippen LogP contribution < -0.4 is 14.2 Å². The first-order valence-corrected chi connectivity index (χ1v) is 10.1. The summed E-state index contributed by atoms with van der Waals surface area (Å²) >= 11 is 1.58. The maximum atomic E-state index is 12.6. The molecule has 1 fully saturated rings. The zero-order valence-electron chi connectivity index (χ0n) is 16.3. The Morgan fingerprint density at radius 1 is 1.00 bits per heavy atom. The van der Waals surface area contributed by atoms with Gasteiger partial charge in [0.2, 0.25) is 5.91 Å². The summed E-state index contributed by atoms with van der Waals surface area (Å²) in [4.78, 5) is 14.5. The largest absolute Gasteiger partial charge is 0.496 e. The van der Waals surface area contributed by atoms with Gasteiger partial charge in [0.05, 0.1) is 32.1 Å². The van der Waals surface area contributed by atoms with E-state index in [-0.39, 0.29) is 11.3 Å². The molecule has 7 heteroatoms. The van der Waals surface area contributed by atoms with Gasteiger partial charge in [0, 0.05) is 13.7 Å². The summed E-state index contributed by atoms with van der Waals surface area (Å²) in [5.41, 5.74) is 1.93. The average Bonchev–Trinajstić information content (AvgIpc) is 3.08. The summed E-state index contributed by atoms with van der Waals surface area (Å²) < 4.78 is 21.7. The standard InChI is InChI=1S/C21H25NO5S/c1-24-11-12-27-16-9-7-15(8-10-16)13-22-19(23)14-28-21(22)20-17(25-2)5-4-6-18(20)26-3/h4-10,21H,11-14H2,1-3H3. The molecule has 0 radical (unpaired) electrons. The molecule has 0 aliphatic carbocycles. The van der Waals surface area contributed by atoms with Crippen molar-refractivity contribution < 1.29 is 23.7 Å². The second kappa shape index (κ2) is 9.71. The van der Waals surface area contributed by atoms with Crippen LogP contribution in [-0.4, -0.2) is 51.1 Å². The van der Waals surface area contributed by atoms with E-state index in [1.165, 1.54) is 0 Å². The molecule has 0 spiro atoms. The normalized spacial score (nSPS) is 16.3. The second-order valence-electron chi connectivity index (χ2n) is 6.25. The number of hydrogen-bond donors (Lipinski definition) is 0. The summed E-state index contributed by atoms with van der Waals surface area (Å²) in [7, 11) is 4.91. The van der Waals surface area contributed by atoms with Crippen LogP contribution in [0.5, 0.6) is 17.2 Å². The maximum absolute atomic E-state index is 12.6. The van der Waals surface area contributed by atoms with Gasteiger partial charge in [-0.25, -0.2) is 0 Å². The van der Waals surface area contributed by atoms with Gasteiger partial charge in [-0.2, -0.15) is 0 Å². The zero-order valence-corrected chi connectivity index (χ0v) is 17.2. The predicted molar refractivity (Wildman–Crippen MR) is 109 cm³/mol. The van der Waals surface area contributed by atoms with Crippen molar-refractivity contribution in [1.82, 2.24) is 4.90 Å². The molecule has 1 unspecified atom stereocenters. The third kappa shape index (κ3) is 4.54. The summed E-state index contributed by atoms with van der Waals surface area (Å²) in [6.45, 7) is 1.56. The number of methoxy groups -OCH3 is 3. The minimum atomic E-state index is -0.156. The Morgan fingerprint density at radius 2 is 1.68 bits per heavy atom. The van der Waals surface area contributed by atoms with Crippen LogP contribution in [0.3, 0.4) is 0 Å². The van der Waals surface area contributed by atoms with Crippen molar-refractivity contribution in [2.75, 3.05) is 40.3 Å². The lowest BCUT2D eigenvalue weighted by Gasteiger charge is -2.27. The van der Waals surface area contributed by atoms with E-state index in [0.29, 0.717) is 25.5 Å². The van der Waals surface area contributed by atoms with Gasteiger partial charge < -0.3 is 23.8 Å². The lowest BCUT2D eigenvalue weighted by Crippen LogP contribution is -2.28. The molecule has 1 heterocycles. The number of carbonyl (C=O) groups is 1. The number of rotatable bonds is 9. The number of carbonyl (C=O) groups excluding carboxylic acids is 1. The molecule has 1 aliphatic rings. The van der Waals surface area contributed by atoms with E-state index in [1.807, 2.05) is 47.4 Å². The fourth-order valence-electron chi connectivity index (χ4n) is 3.12. The van der Waals surface area contributed by atoms with Gasteiger partial charge >= 0.3 is 0 Å². The predicted octanol–water partition coefficient (Wildman–Crippen LogP) is 3.50. The molecule has 2 aromatic carbocycles. The van der Waals surface area contributed by atoms with Crippen molar-refractivity contribution >= 4 is 17.7 Å². The Bertz CT molecular complexity index is 774. The molecule has 1 atom stereocenters. The van der Waals surface area contributed by atoms with Crippen LogP contribution >= 0.6 is 11.8 Å². The Kier molecular flexibility index (Phi) is 7.06. The number of benzene rings is 2. The molecule has 0 saturated carbocycles. The smallest absolute Gasteiger partial charge is 0.234 e. The van der Waals surface area contributed by atoms with Gasteiger partial charge in [0.1, 0.15) is 29.2 Å². The molecule has 150 valence electrons. The number of nitrogens with zero attached hydrogens (tertiary/aromatic N) is 1. The van der Waals surface area contributed by atoms with E-state index in [2.05, 4.69) is 0 Å². The minimum absolute atomic E-state index is 0.100. The van der Waals surface area contributed by atoms with E-state index >= 15 is 0 Å². The van der Waals surface area contributed by atoms with Gasteiger partial charge in [-0.05, 0) is 29.8 Å². The van der Waals surface area contributed by atoms with Crippen LogP contribution in [-0.2, 0) is 16.1 Å². The highest BCUT2D eigenvalue weighted by Crippen LogP contribution is 2.47. The lowest BCUT2D eigenvalue weighted by atomic mass is 10.1. The number of ether oxygens (including phenoxy) is 4. The van der Waals surface area contributed by atoms with Crippen LogP contribution in [0.15, 0.2) is 42.5 Å². The summed E-state index contributed by atoms with van der Waals surface area (Å²) in [6, 6.07) is 13.5. The molecule has 1 aliphatic heterocycles. The van der Waals surface area contributed by atoms with Crippen LogP contribution in [0.4, 0.5) is 0 Å². The van der Waals surface area contributed by atoms with Crippen molar-refractivity contribution in [2.45, 2.75) is 11.9 Å². The molecule has 28 heavy (non-hydrogen) atoms. The summed E-state index contributed by atoms with van der Waals surface area (Å²) in [5.74, 6) is 2.76. The lowest BCUT2D eigenvalue weighted by molar-refractivity contribution is -0.128. The van der Waals surface area contributed by atoms with Gasteiger partial charge in [0.25, 0.3) is 0 Å². The SMILES string of the molecule is COCCOc1ccc(CN2C(=O)CSC2c2c(OC)cccc2OC)cc1. The molecule has 0 N–H and O–H groups in total. The van der Waals surface area contributed by atoms with E-state index in [4.69, 9.17) is 18.9 Å². The van der Waals surface area contributed by atoms with Gasteiger partial charge in [-0.3, -0.25) is 4.79 Å². The third-order valence-corrected chi connectivity index (χ3v) is 5.73. The monoisotopic (exact) mass is 403 g/mol. The van der Waals surface area contributed by atoms with Gasteiger partial charge in [0.15, 0.2) is 0 Å². The molecule has 0 bridgehead atoms. The van der Waals surface area contributed by atoms with E-state index < -0.39 is 0 Å². The number of hydrogen-bond acceptors (Lipinski definition) is 6. The van der Waals surface area contributed by atoms with Crippen molar-refractivity contribution in [3.8, 4) is 17.2 Å². The van der Waals surface area contributed by atoms with Crippen LogP contribution in [0.2, 0.25) is 0 Å². The fourth-order valence-corrected chi connectivity index (χ4v) is 4.36. The molecule has 1 saturated heterocycles. The maximum Gasteiger partial charge on any atom is 0.234 e. The summed E-state index contributed by atoms with van der Waals surface area (Å²) in [6.07, 6.45) is 0. The molecule has 3 rings (SSSR count). The van der Waals surface area contributed by atoms with Gasteiger partial charge in [-0.15, -0.1) is 11.8 Å². The molecule has 0 aromatic heterocycles. The van der Waals surface area contributed by atoms with Gasteiger partial charge in [-0.1, -0.05) is 18.2 Å². The van der Waals surface area contributed by atoms with Crippen LogP contribution in [0.1, 0.15) is 16.5 Å². The molecule has 2 aromatic rings. The van der Waals surface area contributed by atoms with Crippen LogP contribution in [0, 0.1) is 0 Å². The highest BCUT2D eigenvalue weighted by atomic mass is 32.2. The summed E-state index contributed by atoms with van der Waals surface area (Å²) in [5, 5.41) is -0.156. The second-order valence-corrected chi connectivity index (χ2v) is 7.31. The first-order valence-electron chi connectivity index (χ1n) is 9.00. The molecule has 1 amide bonds. The fraction of sp³-hybridized carbons (Fsp3) is 0.381. The quantitative estimate of drug-likeness (QED) is 0.598. The van der Waals surface area contributed by atoms with E-state index in [1.54, 1.807) is 33.1 Å². The van der Waals surface area contributed by atoms with Crippen LogP contribution in [0.25, 0.3) is 0 Å². The Balaban J connectivity index is 1.78. The molecular weight excluding hydrogens is 378 g/mol. The molecular formula is C21H25NO5S. The first kappa shape index (κ1) is 20.4. The number of amides is 1. The minimum Gasteiger partial charge on any atom is -0.496 e. The Morgan fingerprint density at radius 3 is 2.29 bits per heavy atom. The van der Waals surface area contributed by atoms with Crippen molar-refractivity contribution in [3.05, 3.63) is 53.6 Å². The third-order valence-electron chi connectivity index (χ3n) is 4.51. The van der Waals surface area contributed by atoms with Crippen molar-refractivity contribution in [2.24, 2.45) is 0 Å². The highest BCUT2D eigenvalue weighted by Gasteiger charge is 2.36. The molecule has 6 nitrogen and oxygen atoms in total. The average molecular weight is 404 g/mol. The first-order chi connectivity index (χ1) is 13.7. The number of thioether (sulfide) groups is 1. The highest BCUT2D eigenvalue weighted by molar-refractivity contribution is 8.00. The zero-order chi connectivity index (χ0) is 19.9. The van der Waals surface area contributed by atoms with E-state index in [9.17, 15) is 4.79 Å². The van der Waals surface area contributed by atoms with Crippen molar-refractivity contribution in [3.63, 3.8) is 0 Å². The van der Waals surface area contributed by atoms with E-state index in [0.717, 1.165) is 28.4 Å².